The van der Waals surface area contributed by atoms with Crippen molar-refractivity contribution in [3.63, 3.8) is 0 Å². The van der Waals surface area contributed by atoms with Crippen molar-refractivity contribution in [2.75, 3.05) is 0 Å². The van der Waals surface area contributed by atoms with Crippen LogP contribution in [-0.2, 0) is 0 Å². The molecule has 1 aliphatic rings. The van der Waals surface area contributed by atoms with Gasteiger partial charge in [0.25, 0.3) is 0 Å². The molecule has 0 unspecified atom stereocenters. The summed E-state index contributed by atoms with van der Waals surface area (Å²) in [5, 5.41) is 0.597. The van der Waals surface area contributed by atoms with Crippen LogP contribution < -0.4 is 0 Å². The van der Waals surface area contributed by atoms with Crippen molar-refractivity contribution in [3.8, 4) is 0 Å². The Morgan fingerprint density at radius 2 is 2.27 bits per heavy atom. The van der Waals surface area contributed by atoms with Crippen molar-refractivity contribution in [1.29, 1.82) is 0 Å². The molecule has 11 heavy (non-hydrogen) atoms. The van der Waals surface area contributed by atoms with Gasteiger partial charge in [-0.1, -0.05) is 25.3 Å². The molecule has 0 nitrogen and oxygen atoms in total. The van der Waals surface area contributed by atoms with E-state index in [2.05, 4.69) is 19.9 Å². The molecule has 0 saturated heterocycles. The van der Waals surface area contributed by atoms with E-state index in [1.54, 1.807) is 11.8 Å². The molecule has 0 spiro atoms. The van der Waals surface area contributed by atoms with Crippen molar-refractivity contribution >= 4 is 11.8 Å². The molecule has 0 aromatic heterocycles. The smallest absolute Gasteiger partial charge is 0.00821 e. The third kappa shape index (κ3) is 2.45. The van der Waals surface area contributed by atoms with Crippen LogP contribution in [0.25, 0.3) is 0 Å². The van der Waals surface area contributed by atoms with E-state index in [1.165, 1.54) is 4.91 Å². The third-order valence-electron chi connectivity index (χ3n) is 1.28. The zero-order valence-corrected chi connectivity index (χ0v) is 7.69. The standard InChI is InChI=1S/C10H12S/c1-8(2)11-10-7-5-4-6-9(10)3/h3-8H,1-2H3. The Morgan fingerprint density at radius 1 is 1.55 bits per heavy atom. The summed E-state index contributed by atoms with van der Waals surface area (Å²) < 4.78 is 0. The summed E-state index contributed by atoms with van der Waals surface area (Å²) in [6, 6.07) is 0. The lowest BCUT2D eigenvalue weighted by Crippen LogP contribution is -1.92. The van der Waals surface area contributed by atoms with Crippen LogP contribution in [0, 0.1) is 13.0 Å². The van der Waals surface area contributed by atoms with Crippen LogP contribution in [0.2, 0.25) is 0 Å². The molecule has 0 aromatic rings. The Labute approximate surface area is 73.1 Å². The van der Waals surface area contributed by atoms with E-state index in [0.717, 1.165) is 5.57 Å². The highest BCUT2D eigenvalue weighted by molar-refractivity contribution is 8.03. The zero-order valence-electron chi connectivity index (χ0n) is 6.87. The first-order chi connectivity index (χ1) is 5.20. The molecule has 1 rings (SSSR count). The van der Waals surface area contributed by atoms with Gasteiger partial charge in [-0.3, -0.25) is 0 Å². The van der Waals surface area contributed by atoms with E-state index in [0.29, 0.717) is 5.25 Å². The van der Waals surface area contributed by atoms with Gasteiger partial charge in [0, 0.05) is 0 Å². The van der Waals surface area contributed by atoms with Crippen LogP contribution in [-0.4, -0.2) is 5.25 Å². The van der Waals surface area contributed by atoms with Crippen LogP contribution in [0.4, 0.5) is 0 Å². The summed E-state index contributed by atoms with van der Waals surface area (Å²) in [6.45, 7) is 10.1. The molecular formula is C10H12S. The summed E-state index contributed by atoms with van der Waals surface area (Å²) in [5.41, 5.74) is 0.881. The molecule has 0 aliphatic heterocycles. The van der Waals surface area contributed by atoms with E-state index in [1.807, 2.05) is 18.6 Å². The molecule has 0 radical (unpaired) electrons. The fourth-order valence-corrected chi connectivity index (χ4v) is 1.71. The Hall–Kier alpha value is -0.650. The molecule has 0 N–H and O–H groups in total. The molecule has 0 atom stereocenters. The number of hydrogen-bond acceptors (Lipinski definition) is 1. The van der Waals surface area contributed by atoms with Crippen molar-refractivity contribution < 1.29 is 0 Å². The maximum atomic E-state index is 5.75. The molecule has 0 aromatic carbocycles. The molecule has 0 saturated carbocycles. The van der Waals surface area contributed by atoms with Crippen molar-refractivity contribution in [2.24, 2.45) is 0 Å². The highest BCUT2D eigenvalue weighted by Crippen LogP contribution is 2.29. The van der Waals surface area contributed by atoms with E-state index in [9.17, 15) is 0 Å². The van der Waals surface area contributed by atoms with Gasteiger partial charge in [0.1, 0.15) is 0 Å². The molecule has 0 amide bonds. The second kappa shape index (κ2) is 3.66. The lowest BCUT2D eigenvalue weighted by Gasteiger charge is -2.18. The minimum Gasteiger partial charge on any atom is -0.190 e. The number of hydrogen-bond donors (Lipinski definition) is 0. The SMILES string of the molecule is [CH+]=C1C=C[CH-]C=C1SC(C)C. The van der Waals surface area contributed by atoms with Crippen LogP contribution in [0.3, 0.4) is 0 Å². The Morgan fingerprint density at radius 3 is 2.82 bits per heavy atom. The first-order valence-electron chi connectivity index (χ1n) is 3.71. The van der Waals surface area contributed by atoms with Gasteiger partial charge in [-0.25, -0.2) is 0 Å². The molecule has 0 bridgehead atoms. The van der Waals surface area contributed by atoms with Crippen LogP contribution >= 0.6 is 11.8 Å². The third-order valence-corrected chi connectivity index (χ3v) is 2.38. The maximum Gasteiger partial charge on any atom is -0.00821 e. The largest absolute Gasteiger partial charge is 0.190 e. The van der Waals surface area contributed by atoms with Crippen molar-refractivity contribution in [3.05, 3.63) is 41.7 Å². The molecule has 0 heterocycles. The highest BCUT2D eigenvalue weighted by atomic mass is 32.2. The van der Waals surface area contributed by atoms with Gasteiger partial charge in [0.2, 0.25) is 0 Å². The van der Waals surface area contributed by atoms with Gasteiger partial charge >= 0.3 is 0 Å². The molecular weight excluding hydrogens is 152 g/mol. The van der Waals surface area contributed by atoms with Gasteiger partial charge in [-0.05, 0) is 10.8 Å². The Balaban J connectivity index is 2.57. The average molecular weight is 164 g/mol. The lowest BCUT2D eigenvalue weighted by molar-refractivity contribution is 1.12. The van der Waals surface area contributed by atoms with E-state index >= 15 is 0 Å². The first kappa shape index (κ1) is 8.45. The van der Waals surface area contributed by atoms with E-state index in [4.69, 9.17) is 6.58 Å². The normalized spacial score (nSPS) is 16.5. The number of rotatable bonds is 2. The number of thioether (sulfide) groups is 1. The Kier molecular flexibility index (Phi) is 2.81. The van der Waals surface area contributed by atoms with Crippen molar-refractivity contribution in [2.45, 2.75) is 19.1 Å². The summed E-state index contributed by atoms with van der Waals surface area (Å²) in [6.07, 6.45) is 7.96. The van der Waals surface area contributed by atoms with Gasteiger partial charge < -0.3 is 0 Å². The maximum absolute atomic E-state index is 5.75. The molecule has 1 aliphatic carbocycles. The average Bonchev–Trinajstić information content (AvgIpc) is 1.93. The van der Waals surface area contributed by atoms with Crippen LogP contribution in [0.15, 0.2) is 28.7 Å². The summed E-state index contributed by atoms with van der Waals surface area (Å²) in [7, 11) is 0. The predicted molar refractivity (Wildman–Crippen MR) is 52.1 cm³/mol. The molecule has 0 fully saturated rings. The quantitative estimate of drug-likeness (QED) is 0.565. The zero-order chi connectivity index (χ0) is 8.27. The van der Waals surface area contributed by atoms with E-state index in [-0.39, 0.29) is 0 Å². The number of allylic oxidation sites excluding steroid dienone is 4. The summed E-state index contributed by atoms with van der Waals surface area (Å²) in [4.78, 5) is 1.18. The topological polar surface area (TPSA) is 0 Å². The summed E-state index contributed by atoms with van der Waals surface area (Å²) >= 11 is 1.80. The van der Waals surface area contributed by atoms with Crippen LogP contribution in [0.5, 0.6) is 0 Å². The molecule has 1 heteroatoms. The predicted octanol–water partition coefficient (Wildman–Crippen LogP) is 3.15. The first-order valence-corrected chi connectivity index (χ1v) is 4.59. The Bertz CT molecular complexity index is 209. The van der Waals surface area contributed by atoms with Gasteiger partial charge in [0.15, 0.2) is 0 Å². The second-order valence-corrected chi connectivity index (χ2v) is 4.32. The molecule has 58 valence electrons. The lowest BCUT2D eigenvalue weighted by atomic mass is 10.1. The van der Waals surface area contributed by atoms with Crippen LogP contribution in [0.1, 0.15) is 13.8 Å². The fourth-order valence-electron chi connectivity index (χ4n) is 0.842. The minimum absolute atomic E-state index is 0.597. The fraction of sp³-hybridized carbons (Fsp3) is 0.300. The minimum atomic E-state index is 0.597. The monoisotopic (exact) mass is 164 g/mol. The highest BCUT2D eigenvalue weighted by Gasteiger charge is 2.00. The van der Waals surface area contributed by atoms with E-state index < -0.39 is 0 Å². The summed E-state index contributed by atoms with van der Waals surface area (Å²) in [5.74, 6) is 0. The van der Waals surface area contributed by atoms with Gasteiger partial charge in [0.05, 0.1) is 0 Å². The van der Waals surface area contributed by atoms with Gasteiger partial charge in [-0.2, -0.15) is 30.3 Å². The second-order valence-electron chi connectivity index (χ2n) is 2.70. The van der Waals surface area contributed by atoms with Crippen molar-refractivity contribution in [1.82, 2.24) is 0 Å². The van der Waals surface area contributed by atoms with Gasteiger partial charge in [-0.15, -0.1) is 6.08 Å².